The molecule has 2 aromatic rings. The van der Waals surface area contributed by atoms with Crippen molar-refractivity contribution in [2.75, 3.05) is 6.54 Å². The molecular weight excluding hydrogens is 299 g/mol. The number of aromatic nitrogens is 1. The monoisotopic (exact) mass is 314 g/mol. The van der Waals surface area contributed by atoms with Gasteiger partial charge >= 0.3 is 5.97 Å². The van der Waals surface area contributed by atoms with E-state index < -0.39 is 17.8 Å². The first-order chi connectivity index (χ1) is 11.1. The molecule has 118 valence electrons. The van der Waals surface area contributed by atoms with Gasteiger partial charge < -0.3 is 10.0 Å². The predicted octanol–water partition coefficient (Wildman–Crippen LogP) is 2.58. The Morgan fingerprint density at radius 2 is 1.96 bits per heavy atom. The second-order valence-electron chi connectivity index (χ2n) is 5.43. The van der Waals surface area contributed by atoms with Crippen LogP contribution in [0.2, 0.25) is 0 Å². The summed E-state index contributed by atoms with van der Waals surface area (Å²) in [6.45, 7) is 0.441. The number of carboxylic acid groups (broad SMARTS) is 1. The molecule has 1 saturated heterocycles. The summed E-state index contributed by atoms with van der Waals surface area (Å²) in [5, 5.41) is 9.16. The van der Waals surface area contributed by atoms with Crippen molar-refractivity contribution in [1.29, 1.82) is 0 Å². The first kappa shape index (κ1) is 15.1. The molecule has 6 heteroatoms. The standard InChI is InChI=1S/C17H15FN2O3/c18-14-10-19-8-7-13(14)11-3-5-12(6-4-11)16(21)20-9-1-2-15(20)17(22)23/h3-8,10,15H,1-2,9H2,(H,22,23). The zero-order chi connectivity index (χ0) is 16.4. The Morgan fingerprint density at radius 1 is 1.22 bits per heavy atom. The highest BCUT2D eigenvalue weighted by Crippen LogP contribution is 2.24. The van der Waals surface area contributed by atoms with Gasteiger partial charge in [0.2, 0.25) is 0 Å². The molecule has 1 aliphatic heterocycles. The molecular formula is C17H15FN2O3. The van der Waals surface area contributed by atoms with Crippen molar-refractivity contribution in [3.63, 3.8) is 0 Å². The van der Waals surface area contributed by atoms with Crippen LogP contribution >= 0.6 is 0 Å². The fourth-order valence-corrected chi connectivity index (χ4v) is 2.83. The van der Waals surface area contributed by atoms with Gasteiger partial charge in [0.25, 0.3) is 5.91 Å². The molecule has 0 spiro atoms. The molecule has 23 heavy (non-hydrogen) atoms. The number of carbonyl (C=O) groups is 2. The SMILES string of the molecule is O=C(O)C1CCCN1C(=O)c1ccc(-c2ccncc2F)cc1. The van der Waals surface area contributed by atoms with Crippen LogP contribution in [-0.2, 0) is 4.79 Å². The van der Waals surface area contributed by atoms with Gasteiger partial charge in [0.1, 0.15) is 11.9 Å². The molecule has 0 radical (unpaired) electrons. The Kier molecular flexibility index (Phi) is 4.06. The normalized spacial score (nSPS) is 17.3. The van der Waals surface area contributed by atoms with Gasteiger partial charge in [-0.1, -0.05) is 12.1 Å². The summed E-state index contributed by atoms with van der Waals surface area (Å²) in [6, 6.07) is 7.28. The Balaban J connectivity index is 1.84. The molecule has 0 saturated carbocycles. The number of hydrogen-bond acceptors (Lipinski definition) is 3. The van der Waals surface area contributed by atoms with Crippen molar-refractivity contribution >= 4 is 11.9 Å². The molecule has 5 nitrogen and oxygen atoms in total. The Hall–Kier alpha value is -2.76. The van der Waals surface area contributed by atoms with Gasteiger partial charge in [-0.05, 0) is 36.6 Å². The molecule has 3 rings (SSSR count). The second kappa shape index (κ2) is 6.16. The Morgan fingerprint density at radius 3 is 2.61 bits per heavy atom. The fourth-order valence-electron chi connectivity index (χ4n) is 2.83. The maximum Gasteiger partial charge on any atom is 0.326 e. The molecule has 0 bridgehead atoms. The number of nitrogens with zero attached hydrogens (tertiary/aromatic N) is 2. The van der Waals surface area contributed by atoms with E-state index in [1.54, 1.807) is 30.3 Å². The molecule has 0 aliphatic carbocycles. The maximum atomic E-state index is 13.7. The van der Waals surface area contributed by atoms with E-state index in [0.717, 1.165) is 6.20 Å². The van der Waals surface area contributed by atoms with Gasteiger partial charge in [-0.25, -0.2) is 9.18 Å². The lowest BCUT2D eigenvalue weighted by Crippen LogP contribution is -2.40. The fraction of sp³-hybridized carbons (Fsp3) is 0.235. The zero-order valence-electron chi connectivity index (χ0n) is 12.3. The van der Waals surface area contributed by atoms with E-state index in [1.165, 1.54) is 11.1 Å². The number of rotatable bonds is 3. The predicted molar refractivity (Wildman–Crippen MR) is 81.3 cm³/mol. The minimum Gasteiger partial charge on any atom is -0.480 e. The molecule has 1 aromatic carbocycles. The Bertz CT molecular complexity index is 746. The lowest BCUT2D eigenvalue weighted by atomic mass is 10.0. The molecule has 1 N–H and O–H groups in total. The van der Waals surface area contributed by atoms with Crippen LogP contribution in [0.25, 0.3) is 11.1 Å². The van der Waals surface area contributed by atoms with Crippen molar-refractivity contribution in [2.24, 2.45) is 0 Å². The highest BCUT2D eigenvalue weighted by Gasteiger charge is 2.34. The minimum atomic E-state index is -0.980. The molecule has 1 amide bonds. The minimum absolute atomic E-state index is 0.309. The van der Waals surface area contributed by atoms with E-state index in [0.29, 0.717) is 36.1 Å². The van der Waals surface area contributed by atoms with Crippen LogP contribution in [0.1, 0.15) is 23.2 Å². The van der Waals surface area contributed by atoms with E-state index in [1.807, 2.05) is 0 Å². The van der Waals surface area contributed by atoms with E-state index in [9.17, 15) is 14.0 Å². The van der Waals surface area contributed by atoms with Crippen LogP contribution in [0.5, 0.6) is 0 Å². The largest absolute Gasteiger partial charge is 0.480 e. The van der Waals surface area contributed by atoms with E-state index in [2.05, 4.69) is 4.98 Å². The van der Waals surface area contributed by atoms with Gasteiger partial charge in [0.15, 0.2) is 0 Å². The number of carboxylic acids is 1. The number of amides is 1. The Labute approximate surface area is 132 Å². The molecule has 1 unspecified atom stereocenters. The van der Waals surface area contributed by atoms with Crippen molar-refractivity contribution in [1.82, 2.24) is 9.88 Å². The topological polar surface area (TPSA) is 70.5 Å². The summed E-state index contributed by atoms with van der Waals surface area (Å²) in [7, 11) is 0. The molecule has 1 aromatic heterocycles. The number of halogens is 1. The average molecular weight is 314 g/mol. The van der Waals surface area contributed by atoms with Gasteiger partial charge in [0.05, 0.1) is 6.20 Å². The van der Waals surface area contributed by atoms with Crippen molar-refractivity contribution < 1.29 is 19.1 Å². The molecule has 1 atom stereocenters. The summed E-state index contributed by atoms with van der Waals surface area (Å²) >= 11 is 0. The molecule has 1 fully saturated rings. The lowest BCUT2D eigenvalue weighted by molar-refractivity contribution is -0.141. The summed E-state index contributed by atoms with van der Waals surface area (Å²) in [4.78, 5) is 28.7. The van der Waals surface area contributed by atoms with Crippen LogP contribution in [0.15, 0.2) is 42.7 Å². The van der Waals surface area contributed by atoms with Gasteiger partial charge in [-0.3, -0.25) is 9.78 Å². The number of aliphatic carboxylic acids is 1. The van der Waals surface area contributed by atoms with Gasteiger partial charge in [-0.15, -0.1) is 0 Å². The third-order valence-electron chi connectivity index (χ3n) is 4.01. The first-order valence-corrected chi connectivity index (χ1v) is 7.31. The second-order valence-corrected chi connectivity index (χ2v) is 5.43. The van der Waals surface area contributed by atoms with Gasteiger partial charge in [-0.2, -0.15) is 0 Å². The number of pyridine rings is 1. The van der Waals surface area contributed by atoms with Crippen molar-refractivity contribution in [3.8, 4) is 11.1 Å². The smallest absolute Gasteiger partial charge is 0.326 e. The average Bonchev–Trinajstić information content (AvgIpc) is 3.05. The third kappa shape index (κ3) is 2.92. The van der Waals surface area contributed by atoms with Crippen LogP contribution < -0.4 is 0 Å². The maximum absolute atomic E-state index is 13.7. The first-order valence-electron chi connectivity index (χ1n) is 7.31. The number of benzene rings is 1. The van der Waals surface area contributed by atoms with Crippen LogP contribution in [0, 0.1) is 5.82 Å². The van der Waals surface area contributed by atoms with Crippen LogP contribution in [-0.4, -0.2) is 39.5 Å². The van der Waals surface area contributed by atoms with Gasteiger partial charge in [0, 0.05) is 23.9 Å². The number of hydrogen-bond donors (Lipinski definition) is 1. The van der Waals surface area contributed by atoms with Crippen molar-refractivity contribution in [2.45, 2.75) is 18.9 Å². The summed E-state index contributed by atoms with van der Waals surface area (Å²) in [5.41, 5.74) is 1.44. The van der Waals surface area contributed by atoms with Crippen molar-refractivity contribution in [3.05, 3.63) is 54.1 Å². The summed E-state index contributed by atoms with van der Waals surface area (Å²) in [5.74, 6) is -1.72. The molecule has 2 heterocycles. The third-order valence-corrected chi connectivity index (χ3v) is 4.01. The summed E-state index contributed by atoms with van der Waals surface area (Å²) in [6.07, 6.45) is 3.79. The van der Waals surface area contributed by atoms with E-state index in [-0.39, 0.29) is 5.91 Å². The van der Waals surface area contributed by atoms with E-state index in [4.69, 9.17) is 5.11 Å². The van der Waals surface area contributed by atoms with Crippen LogP contribution in [0.3, 0.4) is 0 Å². The quantitative estimate of drug-likeness (QED) is 0.945. The highest BCUT2D eigenvalue weighted by molar-refractivity contribution is 5.97. The highest BCUT2D eigenvalue weighted by atomic mass is 19.1. The van der Waals surface area contributed by atoms with E-state index >= 15 is 0 Å². The zero-order valence-corrected chi connectivity index (χ0v) is 12.3. The summed E-state index contributed by atoms with van der Waals surface area (Å²) < 4.78 is 13.7. The number of likely N-dealkylation sites (tertiary alicyclic amines) is 1. The molecule has 1 aliphatic rings. The lowest BCUT2D eigenvalue weighted by Gasteiger charge is -2.21. The van der Waals surface area contributed by atoms with Crippen LogP contribution in [0.4, 0.5) is 4.39 Å². The number of carbonyl (C=O) groups excluding carboxylic acids is 1.